The minimum Gasteiger partial charge on any atom is -0.349 e. The Labute approximate surface area is 173 Å². The van der Waals surface area contributed by atoms with Crippen molar-refractivity contribution in [2.45, 2.75) is 24.7 Å². The molecule has 13 heteroatoms. The average molecular weight is 430 g/mol. The number of nitrogens with zero attached hydrogens (tertiary/aromatic N) is 6. The molecule has 1 heterocycles. The molecule has 0 amide bonds. The molecule has 2 N–H and O–H groups in total. The zero-order valence-corrected chi connectivity index (χ0v) is 16.8. The molecule has 0 spiro atoms. The molecule has 0 bridgehead atoms. The Kier molecular flexibility index (Phi) is 7.57. The van der Waals surface area contributed by atoms with Gasteiger partial charge >= 0.3 is 5.69 Å². The molecule has 0 saturated carbocycles. The van der Waals surface area contributed by atoms with Gasteiger partial charge in [0, 0.05) is 13.1 Å². The summed E-state index contributed by atoms with van der Waals surface area (Å²) in [7, 11) is -4.02. The highest BCUT2D eigenvalue weighted by Crippen LogP contribution is 2.31. The van der Waals surface area contributed by atoms with Gasteiger partial charge in [0.15, 0.2) is 0 Å². The number of aromatic nitrogens is 2. The van der Waals surface area contributed by atoms with Crippen LogP contribution in [0.4, 0.5) is 17.3 Å². The summed E-state index contributed by atoms with van der Waals surface area (Å²) < 4.78 is 24.9. The lowest BCUT2D eigenvalue weighted by Crippen LogP contribution is -2.31. The topological polar surface area (TPSA) is 178 Å². The molecule has 0 radical (unpaired) electrons. The largest absolute Gasteiger partial charge is 0.354 e. The quantitative estimate of drug-likeness (QED) is 0.415. The molecule has 2 rings (SSSR count). The van der Waals surface area contributed by atoms with E-state index in [1.165, 1.54) is 17.0 Å². The van der Waals surface area contributed by atoms with Gasteiger partial charge in [-0.3, -0.25) is 15.5 Å². The second-order valence-corrected chi connectivity index (χ2v) is 7.68. The van der Waals surface area contributed by atoms with Gasteiger partial charge in [-0.2, -0.15) is 10.5 Å². The standard InChI is InChI=1S/C17H18N8O4S/c1-13-4-6-14(7-5-13)30(28,29)23-22-16-15(25(26)27)17(21-12-20-16)24(10-2-8-18)11-3-9-19/h4-7,12,23H,2-3,10-11H2,1H3,(H,20,21,22). The highest BCUT2D eigenvalue weighted by molar-refractivity contribution is 7.89. The molecule has 12 nitrogen and oxygen atoms in total. The van der Waals surface area contributed by atoms with Crippen molar-refractivity contribution in [2.75, 3.05) is 23.4 Å². The first-order valence-electron chi connectivity index (χ1n) is 8.63. The van der Waals surface area contributed by atoms with Crippen molar-refractivity contribution in [2.24, 2.45) is 0 Å². The molecule has 30 heavy (non-hydrogen) atoms. The van der Waals surface area contributed by atoms with Crippen LogP contribution in [-0.2, 0) is 10.0 Å². The highest BCUT2D eigenvalue weighted by Gasteiger charge is 2.28. The molecule has 0 aliphatic carbocycles. The fraction of sp³-hybridized carbons (Fsp3) is 0.294. The molecule has 156 valence electrons. The molecule has 0 unspecified atom stereocenters. The maximum Gasteiger partial charge on any atom is 0.354 e. The molecule has 0 aliphatic rings. The number of nitro groups is 1. The molecule has 2 aromatic rings. The van der Waals surface area contributed by atoms with Crippen molar-refractivity contribution in [3.05, 3.63) is 46.3 Å². The van der Waals surface area contributed by atoms with Crippen molar-refractivity contribution in [3.8, 4) is 12.1 Å². The van der Waals surface area contributed by atoms with Gasteiger partial charge in [0.05, 0.1) is 34.8 Å². The van der Waals surface area contributed by atoms with Gasteiger partial charge in [-0.15, -0.1) is 4.83 Å². The Morgan fingerprint density at radius 2 is 1.73 bits per heavy atom. The van der Waals surface area contributed by atoms with Gasteiger partial charge in [0.25, 0.3) is 10.0 Å². The molecule has 0 aliphatic heterocycles. The Balaban J connectivity index is 2.35. The maximum absolute atomic E-state index is 12.4. The van der Waals surface area contributed by atoms with Crippen LogP contribution in [-0.4, -0.2) is 36.4 Å². The lowest BCUT2D eigenvalue weighted by atomic mass is 10.2. The van der Waals surface area contributed by atoms with Crippen molar-refractivity contribution in [1.82, 2.24) is 14.8 Å². The molecule has 0 fully saturated rings. The van der Waals surface area contributed by atoms with E-state index in [9.17, 15) is 18.5 Å². The lowest BCUT2D eigenvalue weighted by Gasteiger charge is -2.21. The van der Waals surface area contributed by atoms with Crippen LogP contribution < -0.4 is 15.2 Å². The Morgan fingerprint density at radius 3 is 2.27 bits per heavy atom. The minimum atomic E-state index is -4.02. The summed E-state index contributed by atoms with van der Waals surface area (Å²) in [6.07, 6.45) is 1.13. The molecular formula is C17H18N8O4S. The fourth-order valence-corrected chi connectivity index (χ4v) is 3.29. The van der Waals surface area contributed by atoms with Gasteiger partial charge < -0.3 is 4.90 Å². The van der Waals surface area contributed by atoms with Gasteiger partial charge in [0.1, 0.15) is 6.33 Å². The average Bonchev–Trinajstić information content (AvgIpc) is 2.72. The number of aryl methyl sites for hydroxylation is 1. The Hall–Kier alpha value is -3.81. The van der Waals surface area contributed by atoms with Crippen LogP contribution >= 0.6 is 0 Å². The summed E-state index contributed by atoms with van der Waals surface area (Å²) in [4.78, 5) is 22.0. The lowest BCUT2D eigenvalue weighted by molar-refractivity contribution is -0.383. The number of anilines is 2. The number of benzene rings is 1. The summed E-state index contributed by atoms with van der Waals surface area (Å²) in [6.45, 7) is 2.01. The Bertz CT molecular complexity index is 1070. The monoisotopic (exact) mass is 430 g/mol. The van der Waals surface area contributed by atoms with Crippen molar-refractivity contribution < 1.29 is 13.3 Å². The normalized spacial score (nSPS) is 10.6. The number of nitrogens with one attached hydrogen (secondary N) is 2. The van der Waals surface area contributed by atoms with E-state index in [4.69, 9.17) is 10.5 Å². The smallest absolute Gasteiger partial charge is 0.349 e. The number of hydrogen-bond acceptors (Lipinski definition) is 10. The van der Waals surface area contributed by atoms with E-state index in [-0.39, 0.29) is 42.5 Å². The first-order valence-corrected chi connectivity index (χ1v) is 10.1. The highest BCUT2D eigenvalue weighted by atomic mass is 32.2. The van der Waals surface area contributed by atoms with E-state index in [2.05, 4.69) is 20.2 Å². The summed E-state index contributed by atoms with van der Waals surface area (Å²) in [6, 6.07) is 9.87. The van der Waals surface area contributed by atoms with Crippen LogP contribution in [0, 0.1) is 39.7 Å². The zero-order chi connectivity index (χ0) is 22.1. The SMILES string of the molecule is Cc1ccc(S(=O)(=O)NNc2ncnc(N(CCC#N)CCC#N)c2[N+](=O)[O-])cc1. The predicted molar refractivity (Wildman–Crippen MR) is 106 cm³/mol. The van der Waals surface area contributed by atoms with Crippen LogP contribution in [0.1, 0.15) is 18.4 Å². The fourth-order valence-electron chi connectivity index (χ4n) is 2.45. The third kappa shape index (κ3) is 5.60. The van der Waals surface area contributed by atoms with Gasteiger partial charge in [-0.05, 0) is 19.1 Å². The minimum absolute atomic E-state index is 0.0396. The van der Waals surface area contributed by atoms with E-state index in [1.54, 1.807) is 19.1 Å². The van der Waals surface area contributed by atoms with Crippen molar-refractivity contribution >= 4 is 27.3 Å². The second kappa shape index (κ2) is 10.1. The first-order chi connectivity index (χ1) is 14.3. The number of hydrazine groups is 1. The maximum atomic E-state index is 12.4. The van der Waals surface area contributed by atoms with Gasteiger partial charge in [-0.25, -0.2) is 18.4 Å². The molecular weight excluding hydrogens is 412 g/mol. The summed E-state index contributed by atoms with van der Waals surface area (Å²) >= 11 is 0. The number of hydrogen-bond donors (Lipinski definition) is 2. The van der Waals surface area contributed by atoms with Crippen molar-refractivity contribution in [3.63, 3.8) is 0 Å². The van der Waals surface area contributed by atoms with E-state index < -0.39 is 20.6 Å². The molecule has 1 aromatic heterocycles. The summed E-state index contributed by atoms with van der Waals surface area (Å²) in [5, 5.41) is 29.3. The third-order valence-corrected chi connectivity index (χ3v) is 5.17. The van der Waals surface area contributed by atoms with Gasteiger partial charge in [-0.1, -0.05) is 17.7 Å². The molecule has 0 atom stereocenters. The first kappa shape index (κ1) is 22.5. The Morgan fingerprint density at radius 1 is 1.13 bits per heavy atom. The van der Waals surface area contributed by atoms with Crippen LogP contribution in [0.15, 0.2) is 35.5 Å². The second-order valence-electron chi connectivity index (χ2n) is 6.00. The predicted octanol–water partition coefficient (Wildman–Crippen LogP) is 1.63. The summed E-state index contributed by atoms with van der Waals surface area (Å²) in [5.74, 6) is -0.503. The van der Waals surface area contributed by atoms with Crippen LogP contribution in [0.25, 0.3) is 0 Å². The van der Waals surface area contributed by atoms with E-state index in [1.807, 2.05) is 12.1 Å². The van der Waals surface area contributed by atoms with Crippen LogP contribution in [0.5, 0.6) is 0 Å². The van der Waals surface area contributed by atoms with E-state index >= 15 is 0 Å². The van der Waals surface area contributed by atoms with E-state index in [0.717, 1.165) is 11.9 Å². The van der Waals surface area contributed by atoms with E-state index in [0.29, 0.717) is 0 Å². The van der Waals surface area contributed by atoms with Crippen molar-refractivity contribution in [1.29, 1.82) is 10.5 Å². The summed E-state index contributed by atoms with van der Waals surface area (Å²) in [5.41, 5.74) is 2.55. The number of sulfonamides is 1. The number of rotatable bonds is 10. The number of nitriles is 2. The zero-order valence-electron chi connectivity index (χ0n) is 15.9. The molecule has 0 saturated heterocycles. The van der Waals surface area contributed by atoms with Crippen LogP contribution in [0.2, 0.25) is 0 Å². The van der Waals surface area contributed by atoms with Gasteiger partial charge in [0.2, 0.25) is 11.6 Å². The van der Waals surface area contributed by atoms with Crippen LogP contribution in [0.3, 0.4) is 0 Å². The molecule has 1 aromatic carbocycles. The third-order valence-electron chi connectivity index (χ3n) is 3.91.